The van der Waals surface area contributed by atoms with Crippen molar-refractivity contribution < 1.29 is 9.59 Å². The van der Waals surface area contributed by atoms with Gasteiger partial charge in [-0.2, -0.15) is 0 Å². The number of likely N-dealkylation sites (N-methyl/N-ethyl adjacent to an activating group) is 1. The smallest absolute Gasteiger partial charge is 0.317 e. The number of hydrogen-bond acceptors (Lipinski definition) is 2. The Morgan fingerprint density at radius 3 is 2.21 bits per heavy atom. The van der Waals surface area contributed by atoms with Crippen molar-refractivity contribution in [1.29, 1.82) is 0 Å². The lowest BCUT2D eigenvalue weighted by Crippen LogP contribution is -2.44. The largest absolute Gasteiger partial charge is 0.337 e. The van der Waals surface area contributed by atoms with Gasteiger partial charge in [0.1, 0.15) is 6.54 Å². The fraction of sp³-hybridized carbons (Fsp3) is 0.391. The third-order valence-corrected chi connectivity index (χ3v) is 5.49. The first-order valence-electron chi connectivity index (χ1n) is 9.73. The average molecular weight is 380 g/mol. The van der Waals surface area contributed by atoms with E-state index in [1.54, 1.807) is 7.05 Å². The minimum absolute atomic E-state index is 0.0108. The molecule has 0 aromatic heterocycles. The minimum Gasteiger partial charge on any atom is -0.337 e. The SMILES string of the molecule is Cc1cc(C)c(NC(=O)CN(C)C(=O)NCC2(c3ccccc3)CC2)c(C)c1. The number of urea groups is 1. The first kappa shape index (κ1) is 19.9. The number of carbonyl (C=O) groups excluding carboxylic acids is 2. The van der Waals surface area contributed by atoms with Crippen LogP contribution in [0.4, 0.5) is 10.5 Å². The van der Waals surface area contributed by atoms with Crippen LogP contribution in [0.25, 0.3) is 0 Å². The number of rotatable bonds is 6. The van der Waals surface area contributed by atoms with Crippen LogP contribution in [0.3, 0.4) is 0 Å². The molecule has 1 aliphatic rings. The van der Waals surface area contributed by atoms with Gasteiger partial charge in [-0.15, -0.1) is 0 Å². The zero-order valence-corrected chi connectivity index (χ0v) is 17.1. The van der Waals surface area contributed by atoms with Crippen LogP contribution in [0.1, 0.15) is 35.1 Å². The quantitative estimate of drug-likeness (QED) is 0.799. The van der Waals surface area contributed by atoms with Crippen LogP contribution in [0.15, 0.2) is 42.5 Å². The van der Waals surface area contributed by atoms with E-state index in [9.17, 15) is 9.59 Å². The normalized spacial score (nSPS) is 14.3. The molecule has 0 heterocycles. The summed E-state index contributed by atoms with van der Waals surface area (Å²) in [5.74, 6) is -0.197. The summed E-state index contributed by atoms with van der Waals surface area (Å²) in [5.41, 5.74) is 5.35. The molecule has 0 saturated heterocycles. The zero-order chi connectivity index (χ0) is 20.3. The third kappa shape index (κ3) is 4.53. The molecule has 1 fully saturated rings. The number of hydrogen-bond donors (Lipinski definition) is 2. The molecule has 28 heavy (non-hydrogen) atoms. The summed E-state index contributed by atoms with van der Waals surface area (Å²) in [7, 11) is 1.64. The van der Waals surface area contributed by atoms with Gasteiger partial charge in [0.2, 0.25) is 5.91 Å². The van der Waals surface area contributed by atoms with E-state index in [2.05, 4.69) is 22.8 Å². The number of aryl methyl sites for hydroxylation is 3. The molecule has 2 N–H and O–H groups in total. The number of benzene rings is 2. The topological polar surface area (TPSA) is 61.4 Å². The van der Waals surface area contributed by atoms with Crippen molar-refractivity contribution in [3.05, 3.63) is 64.7 Å². The summed E-state index contributed by atoms with van der Waals surface area (Å²) in [5, 5.41) is 5.93. The Morgan fingerprint density at radius 2 is 1.64 bits per heavy atom. The predicted molar refractivity (Wildman–Crippen MR) is 113 cm³/mol. The summed E-state index contributed by atoms with van der Waals surface area (Å²) in [4.78, 5) is 26.3. The van der Waals surface area contributed by atoms with Gasteiger partial charge in [-0.25, -0.2) is 4.79 Å². The maximum absolute atomic E-state index is 12.5. The lowest BCUT2D eigenvalue weighted by atomic mass is 9.96. The second-order valence-electron chi connectivity index (χ2n) is 7.98. The highest BCUT2D eigenvalue weighted by molar-refractivity contribution is 5.95. The van der Waals surface area contributed by atoms with Gasteiger partial charge in [-0.05, 0) is 50.3 Å². The van der Waals surface area contributed by atoms with Gasteiger partial charge in [-0.1, -0.05) is 48.0 Å². The van der Waals surface area contributed by atoms with E-state index >= 15 is 0 Å². The van der Waals surface area contributed by atoms with Gasteiger partial charge in [0.15, 0.2) is 0 Å². The second-order valence-corrected chi connectivity index (χ2v) is 7.98. The van der Waals surface area contributed by atoms with E-state index in [0.717, 1.165) is 35.2 Å². The van der Waals surface area contributed by atoms with Crippen LogP contribution in [0.5, 0.6) is 0 Å². The molecule has 5 nitrogen and oxygen atoms in total. The number of carbonyl (C=O) groups is 2. The van der Waals surface area contributed by atoms with E-state index in [4.69, 9.17) is 0 Å². The van der Waals surface area contributed by atoms with Crippen molar-refractivity contribution in [2.24, 2.45) is 0 Å². The van der Waals surface area contributed by atoms with Gasteiger partial charge >= 0.3 is 6.03 Å². The molecule has 0 spiro atoms. The van der Waals surface area contributed by atoms with Gasteiger partial charge in [0.25, 0.3) is 0 Å². The first-order chi connectivity index (χ1) is 13.3. The van der Waals surface area contributed by atoms with Crippen molar-refractivity contribution in [2.75, 3.05) is 25.5 Å². The number of amides is 3. The lowest BCUT2D eigenvalue weighted by molar-refractivity contribution is -0.116. The van der Waals surface area contributed by atoms with Crippen molar-refractivity contribution in [3.63, 3.8) is 0 Å². The fourth-order valence-corrected chi connectivity index (χ4v) is 3.73. The molecule has 0 unspecified atom stereocenters. The molecule has 2 aromatic rings. The van der Waals surface area contributed by atoms with Crippen LogP contribution in [0, 0.1) is 20.8 Å². The Morgan fingerprint density at radius 1 is 1.04 bits per heavy atom. The summed E-state index contributed by atoms with van der Waals surface area (Å²) in [6, 6.07) is 14.1. The number of nitrogens with one attached hydrogen (secondary N) is 2. The average Bonchev–Trinajstić information content (AvgIpc) is 3.44. The fourth-order valence-electron chi connectivity index (χ4n) is 3.73. The Kier molecular flexibility index (Phi) is 5.73. The molecule has 2 aromatic carbocycles. The summed E-state index contributed by atoms with van der Waals surface area (Å²) in [6.07, 6.45) is 2.15. The minimum atomic E-state index is -0.227. The highest BCUT2D eigenvalue weighted by Gasteiger charge is 2.44. The van der Waals surface area contributed by atoms with Gasteiger partial charge in [0.05, 0.1) is 0 Å². The zero-order valence-electron chi connectivity index (χ0n) is 17.1. The van der Waals surface area contributed by atoms with E-state index < -0.39 is 0 Å². The van der Waals surface area contributed by atoms with E-state index in [0.29, 0.717) is 6.54 Å². The van der Waals surface area contributed by atoms with Crippen molar-refractivity contribution in [1.82, 2.24) is 10.2 Å². The monoisotopic (exact) mass is 379 g/mol. The number of nitrogens with zero attached hydrogens (tertiary/aromatic N) is 1. The number of anilines is 1. The molecule has 3 amide bonds. The highest BCUT2D eigenvalue weighted by Crippen LogP contribution is 2.47. The van der Waals surface area contributed by atoms with Gasteiger partial charge in [-0.3, -0.25) is 4.79 Å². The Hall–Kier alpha value is -2.82. The Balaban J connectivity index is 1.52. The first-order valence-corrected chi connectivity index (χ1v) is 9.73. The summed E-state index contributed by atoms with van der Waals surface area (Å²) >= 11 is 0. The Bertz CT molecular complexity index is 850. The summed E-state index contributed by atoms with van der Waals surface area (Å²) < 4.78 is 0. The molecule has 1 saturated carbocycles. The van der Waals surface area contributed by atoms with Crippen molar-refractivity contribution in [3.8, 4) is 0 Å². The molecule has 0 radical (unpaired) electrons. The van der Waals surface area contributed by atoms with Crippen LogP contribution in [0.2, 0.25) is 0 Å². The summed E-state index contributed by atoms with van der Waals surface area (Å²) in [6.45, 7) is 6.59. The van der Waals surface area contributed by atoms with Gasteiger partial charge < -0.3 is 15.5 Å². The third-order valence-electron chi connectivity index (χ3n) is 5.49. The van der Waals surface area contributed by atoms with Gasteiger partial charge in [0, 0.05) is 24.7 Å². The second kappa shape index (κ2) is 8.05. The molecule has 0 atom stereocenters. The maximum atomic E-state index is 12.5. The molecule has 0 aliphatic heterocycles. The van der Waals surface area contributed by atoms with Crippen LogP contribution in [-0.2, 0) is 10.2 Å². The van der Waals surface area contributed by atoms with Crippen molar-refractivity contribution in [2.45, 2.75) is 39.0 Å². The van der Waals surface area contributed by atoms with E-state index in [1.807, 2.05) is 51.1 Å². The van der Waals surface area contributed by atoms with Crippen molar-refractivity contribution >= 4 is 17.6 Å². The maximum Gasteiger partial charge on any atom is 0.317 e. The predicted octanol–water partition coefficient (Wildman–Crippen LogP) is 3.92. The van der Waals surface area contributed by atoms with E-state index in [1.165, 1.54) is 10.5 Å². The van der Waals surface area contributed by atoms with Crippen LogP contribution >= 0.6 is 0 Å². The highest BCUT2D eigenvalue weighted by atomic mass is 16.2. The van der Waals surface area contributed by atoms with Crippen LogP contribution in [-0.4, -0.2) is 37.0 Å². The van der Waals surface area contributed by atoms with Crippen LogP contribution < -0.4 is 10.6 Å². The molecular weight excluding hydrogens is 350 g/mol. The molecule has 0 bridgehead atoms. The standard InChI is InChI=1S/C23H29N3O2/c1-16-12-17(2)21(18(3)13-16)25-20(27)14-26(4)22(28)24-15-23(10-11-23)19-8-6-5-7-9-19/h5-9,12-13H,10-11,14-15H2,1-4H3,(H,24,28)(H,25,27). The lowest BCUT2D eigenvalue weighted by Gasteiger charge is -2.22. The molecule has 3 rings (SSSR count). The molecule has 148 valence electrons. The molecule has 5 heteroatoms. The van der Waals surface area contributed by atoms with E-state index in [-0.39, 0.29) is 23.9 Å². The Labute approximate surface area is 167 Å². The molecule has 1 aliphatic carbocycles. The molecular formula is C23H29N3O2.